The first-order valence-electron chi connectivity index (χ1n) is 7.85. The van der Waals surface area contributed by atoms with E-state index >= 15 is 0 Å². The molecular weight excluding hydrogens is 250 g/mol. The van der Waals surface area contributed by atoms with Gasteiger partial charge < -0.3 is 14.8 Å². The molecule has 1 rings (SSSR count). The van der Waals surface area contributed by atoms with Crippen LogP contribution in [-0.2, 0) is 4.74 Å². The van der Waals surface area contributed by atoms with Crippen molar-refractivity contribution in [2.75, 3.05) is 26.4 Å². The van der Waals surface area contributed by atoms with Gasteiger partial charge in [-0.25, -0.2) is 0 Å². The molecule has 1 N–H and O–H groups in total. The minimum atomic E-state index is 0.358. The fourth-order valence-electron chi connectivity index (χ4n) is 2.10. The molecule has 114 valence electrons. The van der Waals surface area contributed by atoms with Crippen molar-refractivity contribution < 1.29 is 9.47 Å². The van der Waals surface area contributed by atoms with E-state index in [1.165, 1.54) is 5.56 Å². The summed E-state index contributed by atoms with van der Waals surface area (Å²) < 4.78 is 11.2. The average Bonchev–Trinajstić information content (AvgIpc) is 2.49. The van der Waals surface area contributed by atoms with Crippen molar-refractivity contribution in [2.45, 2.75) is 46.1 Å². The molecular formula is C17H29NO2. The van der Waals surface area contributed by atoms with E-state index in [0.717, 1.165) is 51.4 Å². The van der Waals surface area contributed by atoms with E-state index in [1.54, 1.807) is 0 Å². The zero-order chi connectivity index (χ0) is 14.6. The van der Waals surface area contributed by atoms with Crippen molar-refractivity contribution in [3.05, 3.63) is 29.8 Å². The summed E-state index contributed by atoms with van der Waals surface area (Å²) in [6.07, 6.45) is 3.12. The van der Waals surface area contributed by atoms with Crippen LogP contribution in [0, 0.1) is 0 Å². The van der Waals surface area contributed by atoms with E-state index in [4.69, 9.17) is 9.47 Å². The lowest BCUT2D eigenvalue weighted by atomic mass is 10.0. The standard InChI is InChI=1S/C17H29NO2/c1-4-12-19-14-11-17(18-6-3)15-7-9-16(10-8-15)20-13-5-2/h7-10,17-18H,4-6,11-14H2,1-3H3. The summed E-state index contributed by atoms with van der Waals surface area (Å²) in [7, 11) is 0. The van der Waals surface area contributed by atoms with E-state index in [2.05, 4.69) is 50.4 Å². The van der Waals surface area contributed by atoms with E-state index in [-0.39, 0.29) is 0 Å². The number of benzene rings is 1. The van der Waals surface area contributed by atoms with Gasteiger partial charge in [-0.3, -0.25) is 0 Å². The molecule has 0 heterocycles. The van der Waals surface area contributed by atoms with Crippen LogP contribution in [0.4, 0.5) is 0 Å². The Balaban J connectivity index is 2.52. The number of rotatable bonds is 11. The van der Waals surface area contributed by atoms with Gasteiger partial charge in [0.15, 0.2) is 0 Å². The molecule has 3 heteroatoms. The molecule has 3 nitrogen and oxygen atoms in total. The third-order valence-electron chi connectivity index (χ3n) is 3.11. The molecule has 0 saturated carbocycles. The molecule has 1 unspecified atom stereocenters. The van der Waals surface area contributed by atoms with Gasteiger partial charge in [-0.05, 0) is 43.5 Å². The van der Waals surface area contributed by atoms with E-state index in [0.29, 0.717) is 6.04 Å². The van der Waals surface area contributed by atoms with Gasteiger partial charge in [0.25, 0.3) is 0 Å². The molecule has 0 fully saturated rings. The second-order valence-electron chi connectivity index (χ2n) is 4.93. The molecule has 0 aliphatic heterocycles. The quantitative estimate of drug-likeness (QED) is 0.622. The van der Waals surface area contributed by atoms with Gasteiger partial charge in [-0.15, -0.1) is 0 Å². The maximum Gasteiger partial charge on any atom is 0.119 e. The first kappa shape index (κ1) is 17.0. The molecule has 0 radical (unpaired) electrons. The SMILES string of the molecule is CCCOCCC(NCC)c1ccc(OCCC)cc1. The molecule has 1 aromatic rings. The second-order valence-corrected chi connectivity index (χ2v) is 4.93. The Hall–Kier alpha value is -1.06. The predicted molar refractivity (Wildman–Crippen MR) is 84.4 cm³/mol. The molecule has 0 bridgehead atoms. The number of hydrogen-bond donors (Lipinski definition) is 1. The normalized spacial score (nSPS) is 12.3. The van der Waals surface area contributed by atoms with Crippen molar-refractivity contribution in [1.82, 2.24) is 5.32 Å². The topological polar surface area (TPSA) is 30.5 Å². The Labute approximate surface area is 123 Å². The fraction of sp³-hybridized carbons (Fsp3) is 0.647. The Bertz CT molecular complexity index is 337. The predicted octanol–water partition coefficient (Wildman–Crippen LogP) is 3.94. The van der Waals surface area contributed by atoms with Crippen LogP contribution in [0.5, 0.6) is 5.75 Å². The van der Waals surface area contributed by atoms with Gasteiger partial charge in [0.2, 0.25) is 0 Å². The Kier molecular flexibility index (Phi) is 9.09. The van der Waals surface area contributed by atoms with Crippen LogP contribution < -0.4 is 10.1 Å². The van der Waals surface area contributed by atoms with Crippen LogP contribution in [-0.4, -0.2) is 26.4 Å². The lowest BCUT2D eigenvalue weighted by Crippen LogP contribution is -2.22. The maximum atomic E-state index is 5.62. The zero-order valence-corrected chi connectivity index (χ0v) is 13.2. The molecule has 0 amide bonds. The van der Waals surface area contributed by atoms with E-state index in [1.807, 2.05) is 0 Å². The first-order valence-corrected chi connectivity index (χ1v) is 7.85. The largest absolute Gasteiger partial charge is 0.494 e. The maximum absolute atomic E-state index is 5.62. The minimum absolute atomic E-state index is 0.358. The van der Waals surface area contributed by atoms with Crippen LogP contribution in [0.15, 0.2) is 24.3 Å². The van der Waals surface area contributed by atoms with Crippen LogP contribution in [0.3, 0.4) is 0 Å². The van der Waals surface area contributed by atoms with E-state index in [9.17, 15) is 0 Å². The first-order chi connectivity index (χ1) is 9.81. The van der Waals surface area contributed by atoms with Gasteiger partial charge in [0.05, 0.1) is 6.61 Å². The van der Waals surface area contributed by atoms with Crippen molar-refractivity contribution in [3.63, 3.8) is 0 Å². The number of ether oxygens (including phenoxy) is 2. The summed E-state index contributed by atoms with van der Waals surface area (Å²) in [5, 5.41) is 3.52. The molecule has 0 aliphatic rings. The molecule has 0 spiro atoms. The third kappa shape index (κ3) is 6.40. The summed E-state index contributed by atoms with van der Waals surface area (Å²) in [6, 6.07) is 8.78. The van der Waals surface area contributed by atoms with Crippen molar-refractivity contribution >= 4 is 0 Å². The average molecular weight is 279 g/mol. The smallest absolute Gasteiger partial charge is 0.119 e. The summed E-state index contributed by atoms with van der Waals surface area (Å²) in [5.41, 5.74) is 1.30. The van der Waals surface area contributed by atoms with Gasteiger partial charge in [-0.1, -0.05) is 32.9 Å². The fourth-order valence-corrected chi connectivity index (χ4v) is 2.10. The highest BCUT2D eigenvalue weighted by Gasteiger charge is 2.10. The molecule has 0 saturated heterocycles. The van der Waals surface area contributed by atoms with Crippen molar-refractivity contribution in [1.29, 1.82) is 0 Å². The van der Waals surface area contributed by atoms with Gasteiger partial charge >= 0.3 is 0 Å². The van der Waals surface area contributed by atoms with Crippen LogP contribution in [0.1, 0.15) is 51.6 Å². The molecule has 0 aliphatic carbocycles. The summed E-state index contributed by atoms with van der Waals surface area (Å²) in [4.78, 5) is 0. The van der Waals surface area contributed by atoms with Crippen LogP contribution >= 0.6 is 0 Å². The monoisotopic (exact) mass is 279 g/mol. The minimum Gasteiger partial charge on any atom is -0.494 e. The lowest BCUT2D eigenvalue weighted by molar-refractivity contribution is 0.124. The van der Waals surface area contributed by atoms with Crippen LogP contribution in [0.25, 0.3) is 0 Å². The highest BCUT2D eigenvalue weighted by atomic mass is 16.5. The van der Waals surface area contributed by atoms with Crippen molar-refractivity contribution in [3.8, 4) is 5.75 Å². The Morgan fingerprint density at radius 1 is 0.950 bits per heavy atom. The van der Waals surface area contributed by atoms with Gasteiger partial charge in [0, 0.05) is 19.3 Å². The highest BCUT2D eigenvalue weighted by Crippen LogP contribution is 2.20. The summed E-state index contributed by atoms with van der Waals surface area (Å²) in [5.74, 6) is 0.952. The Morgan fingerprint density at radius 3 is 2.25 bits per heavy atom. The van der Waals surface area contributed by atoms with Crippen molar-refractivity contribution in [2.24, 2.45) is 0 Å². The second kappa shape index (κ2) is 10.7. The summed E-state index contributed by atoms with van der Waals surface area (Å²) in [6.45, 7) is 9.79. The Morgan fingerprint density at radius 2 is 1.65 bits per heavy atom. The molecule has 0 aromatic heterocycles. The highest BCUT2D eigenvalue weighted by molar-refractivity contribution is 5.29. The molecule has 1 atom stereocenters. The van der Waals surface area contributed by atoms with E-state index < -0.39 is 0 Å². The van der Waals surface area contributed by atoms with Crippen LogP contribution in [0.2, 0.25) is 0 Å². The van der Waals surface area contributed by atoms with Gasteiger partial charge in [0.1, 0.15) is 5.75 Å². The number of nitrogens with one attached hydrogen (secondary N) is 1. The number of hydrogen-bond acceptors (Lipinski definition) is 3. The zero-order valence-electron chi connectivity index (χ0n) is 13.2. The van der Waals surface area contributed by atoms with Gasteiger partial charge in [-0.2, -0.15) is 0 Å². The molecule has 20 heavy (non-hydrogen) atoms. The molecule has 1 aromatic carbocycles. The summed E-state index contributed by atoms with van der Waals surface area (Å²) >= 11 is 0. The lowest BCUT2D eigenvalue weighted by Gasteiger charge is -2.19. The third-order valence-corrected chi connectivity index (χ3v) is 3.11.